The van der Waals surface area contributed by atoms with Crippen molar-refractivity contribution in [3.8, 4) is 0 Å². The first-order chi connectivity index (χ1) is 8.73. The van der Waals surface area contributed by atoms with Crippen LogP contribution in [0.25, 0.3) is 0 Å². The molecule has 1 aliphatic heterocycles. The van der Waals surface area contributed by atoms with Crippen LogP contribution in [0.4, 0.5) is 0 Å². The highest BCUT2D eigenvalue weighted by Crippen LogP contribution is 2.38. The van der Waals surface area contributed by atoms with Gasteiger partial charge in [0.25, 0.3) is 0 Å². The molecule has 0 unspecified atom stereocenters. The van der Waals surface area contributed by atoms with Crippen molar-refractivity contribution in [2.24, 2.45) is 5.73 Å². The molecule has 18 heavy (non-hydrogen) atoms. The normalized spacial score (nSPS) is 24.1. The van der Waals surface area contributed by atoms with E-state index in [1.165, 1.54) is 49.9 Å². The highest BCUT2D eigenvalue weighted by atomic mass is 15.2. The Morgan fingerprint density at radius 1 is 1.28 bits per heavy atom. The van der Waals surface area contributed by atoms with Gasteiger partial charge in [-0.15, -0.1) is 0 Å². The minimum absolute atomic E-state index is 0.234. The van der Waals surface area contributed by atoms with Crippen molar-refractivity contribution in [3.63, 3.8) is 0 Å². The molecule has 0 bridgehead atoms. The minimum atomic E-state index is 0.234. The van der Waals surface area contributed by atoms with E-state index in [0.29, 0.717) is 0 Å². The third-order valence-corrected chi connectivity index (χ3v) is 4.84. The predicted octanol–water partition coefficient (Wildman–Crippen LogP) is 2.45. The molecule has 2 heteroatoms. The van der Waals surface area contributed by atoms with Gasteiger partial charge in [-0.05, 0) is 51.3 Å². The van der Waals surface area contributed by atoms with Gasteiger partial charge in [0.15, 0.2) is 0 Å². The Labute approximate surface area is 110 Å². The molecule has 1 aromatic rings. The summed E-state index contributed by atoms with van der Waals surface area (Å²) >= 11 is 0. The van der Waals surface area contributed by atoms with E-state index in [1.54, 1.807) is 0 Å². The van der Waals surface area contributed by atoms with Crippen LogP contribution in [-0.4, -0.2) is 30.6 Å². The molecule has 98 valence electrons. The molecule has 0 atom stereocenters. The zero-order valence-electron chi connectivity index (χ0n) is 11.4. The quantitative estimate of drug-likeness (QED) is 0.885. The van der Waals surface area contributed by atoms with E-state index in [4.69, 9.17) is 5.73 Å². The maximum atomic E-state index is 6.14. The highest BCUT2D eigenvalue weighted by Gasteiger charge is 2.39. The standard InChI is InChI=1S/C16H24N2/c1-13-3-2-4-14(11-13)16(12-17)7-9-18(10-8-16)15-5-6-15/h2-4,11,15H,5-10,12,17H2,1H3. The van der Waals surface area contributed by atoms with Crippen LogP contribution in [0.5, 0.6) is 0 Å². The van der Waals surface area contributed by atoms with Gasteiger partial charge < -0.3 is 10.6 Å². The van der Waals surface area contributed by atoms with Gasteiger partial charge in [0.2, 0.25) is 0 Å². The lowest BCUT2D eigenvalue weighted by Gasteiger charge is -2.42. The summed E-state index contributed by atoms with van der Waals surface area (Å²) in [5.74, 6) is 0. The third-order valence-electron chi connectivity index (χ3n) is 4.84. The van der Waals surface area contributed by atoms with Gasteiger partial charge in [-0.1, -0.05) is 29.8 Å². The number of nitrogens with zero attached hydrogens (tertiary/aromatic N) is 1. The number of rotatable bonds is 3. The fourth-order valence-electron chi connectivity index (χ4n) is 3.34. The molecule has 2 fully saturated rings. The fraction of sp³-hybridized carbons (Fsp3) is 0.625. The number of nitrogens with two attached hydrogens (primary N) is 1. The van der Waals surface area contributed by atoms with E-state index in [9.17, 15) is 0 Å². The molecular formula is C16H24N2. The van der Waals surface area contributed by atoms with E-state index >= 15 is 0 Å². The van der Waals surface area contributed by atoms with Crippen LogP contribution >= 0.6 is 0 Å². The number of likely N-dealkylation sites (tertiary alicyclic amines) is 1. The molecule has 2 N–H and O–H groups in total. The smallest absolute Gasteiger partial charge is 0.00999 e. The number of hydrogen-bond donors (Lipinski definition) is 1. The summed E-state index contributed by atoms with van der Waals surface area (Å²) in [5, 5.41) is 0. The molecule has 1 aromatic carbocycles. The molecule has 0 aromatic heterocycles. The van der Waals surface area contributed by atoms with Gasteiger partial charge in [0, 0.05) is 18.0 Å². The summed E-state index contributed by atoms with van der Waals surface area (Å²) in [5.41, 5.74) is 9.18. The molecule has 3 rings (SSSR count). The lowest BCUT2D eigenvalue weighted by atomic mass is 9.72. The lowest BCUT2D eigenvalue weighted by Crippen LogP contribution is -2.47. The van der Waals surface area contributed by atoms with Crippen molar-refractivity contribution in [1.29, 1.82) is 0 Å². The summed E-state index contributed by atoms with van der Waals surface area (Å²) in [6.07, 6.45) is 5.28. The Morgan fingerprint density at radius 3 is 2.56 bits per heavy atom. The number of piperidine rings is 1. The zero-order valence-corrected chi connectivity index (χ0v) is 11.4. The summed E-state index contributed by atoms with van der Waals surface area (Å²) in [6, 6.07) is 9.85. The van der Waals surface area contributed by atoms with E-state index < -0.39 is 0 Å². The maximum Gasteiger partial charge on any atom is 0.00999 e. The molecule has 1 saturated heterocycles. The summed E-state index contributed by atoms with van der Waals surface area (Å²) < 4.78 is 0. The van der Waals surface area contributed by atoms with E-state index in [2.05, 4.69) is 36.1 Å². The maximum absolute atomic E-state index is 6.14. The number of hydrogen-bond acceptors (Lipinski definition) is 2. The Balaban J connectivity index is 1.78. The van der Waals surface area contributed by atoms with Crippen LogP contribution < -0.4 is 5.73 Å². The number of benzene rings is 1. The number of aryl methyl sites for hydroxylation is 1. The van der Waals surface area contributed by atoms with E-state index in [0.717, 1.165) is 12.6 Å². The van der Waals surface area contributed by atoms with Crippen LogP contribution in [0, 0.1) is 6.92 Å². The van der Waals surface area contributed by atoms with Crippen molar-refractivity contribution >= 4 is 0 Å². The predicted molar refractivity (Wildman–Crippen MR) is 75.7 cm³/mol. The van der Waals surface area contributed by atoms with Crippen LogP contribution in [0.1, 0.15) is 36.8 Å². The summed E-state index contributed by atoms with van der Waals surface area (Å²) in [4.78, 5) is 2.67. The summed E-state index contributed by atoms with van der Waals surface area (Å²) in [7, 11) is 0. The SMILES string of the molecule is Cc1cccc(C2(CN)CCN(C3CC3)CC2)c1. The monoisotopic (exact) mass is 244 g/mol. The van der Waals surface area contributed by atoms with Gasteiger partial charge in [0.05, 0.1) is 0 Å². The Hall–Kier alpha value is -0.860. The van der Waals surface area contributed by atoms with Gasteiger partial charge in [0.1, 0.15) is 0 Å². The third kappa shape index (κ3) is 2.19. The molecule has 2 nitrogen and oxygen atoms in total. The zero-order chi connectivity index (χ0) is 12.6. The van der Waals surface area contributed by atoms with Gasteiger partial charge >= 0.3 is 0 Å². The first-order valence-electron chi connectivity index (χ1n) is 7.25. The van der Waals surface area contributed by atoms with Crippen LogP contribution in [0.2, 0.25) is 0 Å². The second kappa shape index (κ2) is 4.67. The largest absolute Gasteiger partial charge is 0.330 e. The Kier molecular flexibility index (Phi) is 3.16. The molecule has 0 radical (unpaired) electrons. The first-order valence-corrected chi connectivity index (χ1v) is 7.25. The molecule has 1 heterocycles. The first kappa shape index (κ1) is 12.2. The van der Waals surface area contributed by atoms with E-state index in [1.807, 2.05) is 0 Å². The molecule has 1 aliphatic carbocycles. The topological polar surface area (TPSA) is 29.3 Å². The van der Waals surface area contributed by atoms with E-state index in [-0.39, 0.29) is 5.41 Å². The van der Waals surface area contributed by atoms with Gasteiger partial charge in [-0.3, -0.25) is 0 Å². The molecule has 0 spiro atoms. The highest BCUT2D eigenvalue weighted by molar-refractivity contribution is 5.31. The van der Waals surface area contributed by atoms with Crippen molar-refractivity contribution in [2.75, 3.05) is 19.6 Å². The van der Waals surface area contributed by atoms with Crippen molar-refractivity contribution in [1.82, 2.24) is 4.90 Å². The minimum Gasteiger partial charge on any atom is -0.330 e. The molecule has 1 saturated carbocycles. The second-order valence-electron chi connectivity index (χ2n) is 6.12. The molecule has 0 amide bonds. The van der Waals surface area contributed by atoms with Crippen LogP contribution in [0.3, 0.4) is 0 Å². The average Bonchev–Trinajstić information content (AvgIpc) is 3.23. The molecule has 2 aliphatic rings. The Bertz CT molecular complexity index is 415. The van der Waals surface area contributed by atoms with Crippen LogP contribution in [0.15, 0.2) is 24.3 Å². The summed E-state index contributed by atoms with van der Waals surface area (Å²) in [6.45, 7) is 5.42. The van der Waals surface area contributed by atoms with Crippen molar-refractivity contribution < 1.29 is 0 Å². The fourth-order valence-corrected chi connectivity index (χ4v) is 3.34. The Morgan fingerprint density at radius 2 is 2.00 bits per heavy atom. The lowest BCUT2D eigenvalue weighted by molar-refractivity contribution is 0.155. The second-order valence-corrected chi connectivity index (χ2v) is 6.12. The van der Waals surface area contributed by atoms with Gasteiger partial charge in [-0.25, -0.2) is 0 Å². The van der Waals surface area contributed by atoms with Crippen molar-refractivity contribution in [3.05, 3.63) is 35.4 Å². The van der Waals surface area contributed by atoms with Gasteiger partial charge in [-0.2, -0.15) is 0 Å². The van der Waals surface area contributed by atoms with Crippen LogP contribution in [-0.2, 0) is 5.41 Å². The van der Waals surface area contributed by atoms with Crippen molar-refractivity contribution in [2.45, 2.75) is 44.1 Å². The average molecular weight is 244 g/mol. The molecular weight excluding hydrogens is 220 g/mol.